The van der Waals surface area contributed by atoms with Crippen LogP contribution < -0.4 is 4.74 Å². The van der Waals surface area contributed by atoms with Gasteiger partial charge in [0.05, 0.1) is 22.6 Å². The summed E-state index contributed by atoms with van der Waals surface area (Å²) in [5, 5.41) is -0.504. The summed E-state index contributed by atoms with van der Waals surface area (Å²) in [6.45, 7) is 3.24. The summed E-state index contributed by atoms with van der Waals surface area (Å²) in [6.07, 6.45) is 1.96. The van der Waals surface area contributed by atoms with E-state index in [1.165, 1.54) is 7.11 Å². The number of carbonyl (C=O) groups excluding carboxylic acids is 3. The Morgan fingerprint density at radius 1 is 1.35 bits per heavy atom. The fourth-order valence-corrected chi connectivity index (χ4v) is 4.40. The summed E-state index contributed by atoms with van der Waals surface area (Å²) >= 11 is 7.55. The molecule has 0 saturated carbocycles. The molecule has 1 fully saturated rings. The maximum atomic E-state index is 12.5. The molecule has 9 heteroatoms. The Balaban J connectivity index is 2.23. The minimum atomic E-state index is -0.606. The first-order valence-electron chi connectivity index (χ1n) is 7.74. The van der Waals surface area contributed by atoms with Crippen LogP contribution >= 0.6 is 43.6 Å². The minimum Gasteiger partial charge on any atom is -0.495 e. The molecule has 140 valence electrons. The highest BCUT2D eigenvalue weighted by Crippen LogP contribution is 2.38. The molecule has 0 radical (unpaired) electrons. The lowest BCUT2D eigenvalue weighted by Gasteiger charge is -2.15. The third kappa shape index (κ3) is 4.89. The molecule has 1 aromatic carbocycles. The van der Waals surface area contributed by atoms with Gasteiger partial charge in [-0.05, 0) is 59.2 Å². The number of esters is 1. The van der Waals surface area contributed by atoms with Gasteiger partial charge in [0.15, 0.2) is 0 Å². The normalized spacial score (nSPS) is 17.0. The standard InChI is InChI=1S/C17H17Br2NO5S/c1-4-9(2)25-14(21)8-20-16(22)13(26-17(20)23)6-10-5-11(18)7-12(19)15(10)24-3/h5-7,9H,4,8H2,1-3H3/b13-6+/t9-/m1/s1. The Kier molecular flexibility index (Phi) is 7.31. The second kappa shape index (κ2) is 9.05. The maximum Gasteiger partial charge on any atom is 0.326 e. The topological polar surface area (TPSA) is 72.9 Å². The zero-order valence-corrected chi connectivity index (χ0v) is 18.4. The van der Waals surface area contributed by atoms with Gasteiger partial charge in [0, 0.05) is 10.0 Å². The predicted molar refractivity (Wildman–Crippen MR) is 107 cm³/mol. The number of rotatable bonds is 6. The number of thioether (sulfide) groups is 1. The average molecular weight is 507 g/mol. The lowest BCUT2D eigenvalue weighted by atomic mass is 10.2. The molecule has 0 aromatic heterocycles. The van der Waals surface area contributed by atoms with E-state index in [1.54, 1.807) is 19.1 Å². The second-order valence-corrected chi connectivity index (χ2v) is 8.25. The van der Waals surface area contributed by atoms with Crippen LogP contribution in [-0.4, -0.2) is 41.8 Å². The van der Waals surface area contributed by atoms with Gasteiger partial charge in [-0.2, -0.15) is 0 Å². The third-order valence-electron chi connectivity index (χ3n) is 3.60. The van der Waals surface area contributed by atoms with Crippen LogP contribution in [0.15, 0.2) is 26.0 Å². The number of hydrogen-bond donors (Lipinski definition) is 0. The van der Waals surface area contributed by atoms with Gasteiger partial charge in [-0.25, -0.2) is 0 Å². The molecular weight excluding hydrogens is 490 g/mol. The molecule has 1 heterocycles. The first-order chi connectivity index (χ1) is 12.3. The summed E-state index contributed by atoms with van der Waals surface area (Å²) in [6, 6.07) is 3.58. The maximum absolute atomic E-state index is 12.5. The molecule has 1 aromatic rings. The van der Waals surface area contributed by atoms with Crippen molar-refractivity contribution in [3.8, 4) is 5.75 Å². The molecule has 2 rings (SSSR count). The summed E-state index contributed by atoms with van der Waals surface area (Å²) in [5.41, 5.74) is 0.626. The number of amides is 2. The van der Waals surface area contributed by atoms with Gasteiger partial charge in [0.25, 0.3) is 11.1 Å². The predicted octanol–water partition coefficient (Wildman–Crippen LogP) is 4.60. The number of benzene rings is 1. The van der Waals surface area contributed by atoms with E-state index >= 15 is 0 Å². The molecule has 6 nitrogen and oxygen atoms in total. The monoisotopic (exact) mass is 505 g/mol. The number of carbonyl (C=O) groups is 3. The van der Waals surface area contributed by atoms with E-state index in [0.717, 1.165) is 21.1 Å². The number of methoxy groups -OCH3 is 1. The van der Waals surface area contributed by atoms with E-state index in [4.69, 9.17) is 9.47 Å². The second-order valence-electron chi connectivity index (χ2n) is 5.49. The largest absolute Gasteiger partial charge is 0.495 e. The molecule has 2 amide bonds. The summed E-state index contributed by atoms with van der Waals surface area (Å²) in [4.78, 5) is 37.7. The quantitative estimate of drug-likeness (QED) is 0.414. The average Bonchev–Trinajstić information content (AvgIpc) is 2.82. The van der Waals surface area contributed by atoms with Gasteiger partial charge < -0.3 is 9.47 Å². The van der Waals surface area contributed by atoms with Crippen molar-refractivity contribution in [3.05, 3.63) is 31.5 Å². The Bertz CT molecular complexity index is 781. The Morgan fingerprint density at radius 3 is 2.65 bits per heavy atom. The van der Waals surface area contributed by atoms with Crippen LogP contribution in [0.1, 0.15) is 25.8 Å². The van der Waals surface area contributed by atoms with Crippen molar-refractivity contribution >= 4 is 66.8 Å². The van der Waals surface area contributed by atoms with Crippen LogP contribution in [0.4, 0.5) is 4.79 Å². The van der Waals surface area contributed by atoms with Gasteiger partial charge in [0.2, 0.25) is 0 Å². The Hall–Kier alpha value is -1.32. The van der Waals surface area contributed by atoms with E-state index in [2.05, 4.69) is 31.9 Å². The van der Waals surface area contributed by atoms with Crippen LogP contribution in [0.3, 0.4) is 0 Å². The zero-order valence-electron chi connectivity index (χ0n) is 14.4. The molecule has 0 aliphatic carbocycles. The molecule has 1 saturated heterocycles. The minimum absolute atomic E-state index is 0.217. The lowest BCUT2D eigenvalue weighted by Crippen LogP contribution is -2.35. The highest BCUT2D eigenvalue weighted by Gasteiger charge is 2.37. The van der Waals surface area contributed by atoms with Crippen molar-refractivity contribution in [3.63, 3.8) is 0 Å². The first kappa shape index (κ1) is 21.0. The van der Waals surface area contributed by atoms with E-state index in [-0.39, 0.29) is 11.0 Å². The fourth-order valence-electron chi connectivity index (χ4n) is 2.15. The van der Waals surface area contributed by atoms with Gasteiger partial charge in [-0.1, -0.05) is 22.9 Å². The van der Waals surface area contributed by atoms with Crippen molar-refractivity contribution in [2.45, 2.75) is 26.4 Å². The third-order valence-corrected chi connectivity index (χ3v) is 5.55. The number of nitrogens with zero attached hydrogens (tertiary/aromatic N) is 1. The van der Waals surface area contributed by atoms with Gasteiger partial charge in [-0.15, -0.1) is 0 Å². The van der Waals surface area contributed by atoms with Crippen molar-refractivity contribution in [2.75, 3.05) is 13.7 Å². The van der Waals surface area contributed by atoms with E-state index in [9.17, 15) is 14.4 Å². The number of hydrogen-bond acceptors (Lipinski definition) is 6. The molecule has 0 unspecified atom stereocenters. The SMILES string of the molecule is CC[C@@H](C)OC(=O)CN1C(=O)S/C(=C/c2cc(Br)cc(Br)c2OC)C1=O. The zero-order chi connectivity index (χ0) is 19.4. The number of ether oxygens (including phenoxy) is 2. The van der Waals surface area contributed by atoms with E-state index in [1.807, 2.05) is 13.0 Å². The molecule has 0 N–H and O–H groups in total. The summed E-state index contributed by atoms with van der Waals surface area (Å²) < 4.78 is 12.0. The molecule has 1 aliphatic heterocycles. The Labute approximate surface area is 172 Å². The van der Waals surface area contributed by atoms with E-state index < -0.39 is 23.7 Å². The van der Waals surface area contributed by atoms with Gasteiger partial charge in [-0.3, -0.25) is 19.3 Å². The van der Waals surface area contributed by atoms with Crippen molar-refractivity contribution in [1.29, 1.82) is 0 Å². The highest BCUT2D eigenvalue weighted by atomic mass is 79.9. The van der Waals surface area contributed by atoms with Crippen LogP contribution in [0.25, 0.3) is 6.08 Å². The summed E-state index contributed by atoms with van der Waals surface area (Å²) in [5.74, 6) is -0.596. The van der Waals surface area contributed by atoms with Crippen molar-refractivity contribution in [1.82, 2.24) is 4.90 Å². The molecule has 1 atom stereocenters. The number of imide groups is 1. The van der Waals surface area contributed by atoms with Crippen LogP contribution in [-0.2, 0) is 14.3 Å². The molecule has 0 spiro atoms. The highest BCUT2D eigenvalue weighted by molar-refractivity contribution is 9.11. The lowest BCUT2D eigenvalue weighted by molar-refractivity contribution is -0.150. The van der Waals surface area contributed by atoms with Gasteiger partial charge >= 0.3 is 5.97 Å². The van der Waals surface area contributed by atoms with Crippen LogP contribution in [0, 0.1) is 0 Å². The Morgan fingerprint density at radius 2 is 2.04 bits per heavy atom. The van der Waals surface area contributed by atoms with Gasteiger partial charge in [0.1, 0.15) is 12.3 Å². The van der Waals surface area contributed by atoms with E-state index in [0.29, 0.717) is 22.2 Å². The smallest absolute Gasteiger partial charge is 0.326 e. The first-order valence-corrected chi connectivity index (χ1v) is 10.1. The molecular formula is C17H17Br2NO5S. The summed E-state index contributed by atoms with van der Waals surface area (Å²) in [7, 11) is 1.52. The fraction of sp³-hybridized carbons (Fsp3) is 0.353. The van der Waals surface area contributed by atoms with Crippen molar-refractivity contribution < 1.29 is 23.9 Å². The van der Waals surface area contributed by atoms with Crippen molar-refractivity contribution in [2.24, 2.45) is 0 Å². The molecule has 26 heavy (non-hydrogen) atoms. The number of halogens is 2. The van der Waals surface area contributed by atoms with Crippen LogP contribution in [0.5, 0.6) is 5.75 Å². The van der Waals surface area contributed by atoms with Crippen LogP contribution in [0.2, 0.25) is 0 Å². The molecule has 1 aliphatic rings. The molecule has 0 bridgehead atoms.